The van der Waals surface area contributed by atoms with Crippen LogP contribution in [0.5, 0.6) is 5.75 Å². The van der Waals surface area contributed by atoms with Crippen molar-refractivity contribution >= 4 is 18.0 Å². The van der Waals surface area contributed by atoms with Gasteiger partial charge in [-0.2, -0.15) is 0 Å². The van der Waals surface area contributed by atoms with Gasteiger partial charge in [0.2, 0.25) is 5.91 Å². The van der Waals surface area contributed by atoms with Crippen molar-refractivity contribution in [2.75, 3.05) is 19.8 Å². The molecular weight excluding hydrogens is 334 g/mol. The summed E-state index contributed by atoms with van der Waals surface area (Å²) in [4.78, 5) is 25.2. The smallest absolute Gasteiger partial charge is 0.323 e. The van der Waals surface area contributed by atoms with Gasteiger partial charge in [-0.15, -0.1) is 0 Å². The Labute approximate surface area is 154 Å². The van der Waals surface area contributed by atoms with Crippen molar-refractivity contribution in [1.29, 1.82) is 0 Å². The van der Waals surface area contributed by atoms with E-state index in [2.05, 4.69) is 0 Å². The van der Waals surface area contributed by atoms with Crippen molar-refractivity contribution < 1.29 is 24.2 Å². The molecule has 0 saturated carbocycles. The largest absolute Gasteiger partial charge is 0.490 e. The average molecular weight is 361 g/mol. The van der Waals surface area contributed by atoms with Crippen molar-refractivity contribution in [2.24, 2.45) is 0 Å². The van der Waals surface area contributed by atoms with Crippen LogP contribution >= 0.6 is 0 Å². The summed E-state index contributed by atoms with van der Waals surface area (Å²) < 4.78 is 11.2. The van der Waals surface area contributed by atoms with Gasteiger partial charge in [-0.05, 0) is 38.3 Å². The molecule has 1 fully saturated rings. The van der Waals surface area contributed by atoms with Gasteiger partial charge < -0.3 is 19.5 Å². The zero-order valence-electron chi connectivity index (χ0n) is 15.4. The first-order chi connectivity index (χ1) is 12.5. The maximum atomic E-state index is 12.6. The summed E-state index contributed by atoms with van der Waals surface area (Å²) in [6.45, 7) is 4.82. The molecule has 0 aliphatic carbocycles. The monoisotopic (exact) mass is 361 g/mol. The second-order valence-electron chi connectivity index (χ2n) is 6.41. The lowest BCUT2D eigenvalue weighted by atomic mass is 10.1. The molecule has 6 heteroatoms. The highest BCUT2D eigenvalue weighted by Crippen LogP contribution is 2.22. The number of carbonyl (C=O) groups is 2. The Hall–Kier alpha value is -2.34. The molecule has 1 aromatic rings. The molecule has 0 radical (unpaired) electrons. The molecule has 0 bridgehead atoms. The van der Waals surface area contributed by atoms with Crippen LogP contribution in [0.1, 0.15) is 38.7 Å². The highest BCUT2D eigenvalue weighted by Gasteiger charge is 2.26. The van der Waals surface area contributed by atoms with Crippen LogP contribution in [0.2, 0.25) is 0 Å². The van der Waals surface area contributed by atoms with Gasteiger partial charge >= 0.3 is 5.97 Å². The SMILES string of the molecule is CCC(C)Oc1ccccc1C=CC(=O)N(CC(=O)O)C1CCOCC1. The summed E-state index contributed by atoms with van der Waals surface area (Å²) in [5.74, 6) is -0.613. The predicted octanol–water partition coefficient (Wildman–Crippen LogP) is 2.97. The van der Waals surface area contributed by atoms with E-state index in [1.165, 1.54) is 11.0 Å². The van der Waals surface area contributed by atoms with E-state index in [-0.39, 0.29) is 24.6 Å². The zero-order valence-corrected chi connectivity index (χ0v) is 15.4. The van der Waals surface area contributed by atoms with E-state index in [0.717, 1.165) is 12.0 Å². The number of rotatable bonds is 8. The summed E-state index contributed by atoms with van der Waals surface area (Å²) in [6, 6.07) is 7.39. The molecule has 1 aromatic carbocycles. The molecule has 1 amide bonds. The Kier molecular flexibility index (Phi) is 7.66. The van der Waals surface area contributed by atoms with Crippen LogP contribution in [0.4, 0.5) is 0 Å². The summed E-state index contributed by atoms with van der Waals surface area (Å²) in [7, 11) is 0. The van der Waals surface area contributed by atoms with E-state index < -0.39 is 5.97 Å². The van der Waals surface area contributed by atoms with Crippen LogP contribution in [0.25, 0.3) is 6.08 Å². The predicted molar refractivity (Wildman–Crippen MR) is 99.0 cm³/mol. The Morgan fingerprint density at radius 2 is 2.04 bits per heavy atom. The molecule has 1 N–H and O–H groups in total. The van der Waals surface area contributed by atoms with Crippen molar-refractivity contribution in [2.45, 2.75) is 45.3 Å². The highest BCUT2D eigenvalue weighted by molar-refractivity contribution is 5.94. The van der Waals surface area contributed by atoms with Gasteiger partial charge in [0.25, 0.3) is 0 Å². The van der Waals surface area contributed by atoms with Crippen LogP contribution in [-0.4, -0.2) is 53.8 Å². The maximum absolute atomic E-state index is 12.6. The Morgan fingerprint density at radius 1 is 1.35 bits per heavy atom. The van der Waals surface area contributed by atoms with Crippen molar-refractivity contribution in [3.8, 4) is 5.75 Å². The first kappa shape index (κ1) is 20.0. The number of hydrogen-bond donors (Lipinski definition) is 1. The van der Waals surface area contributed by atoms with E-state index in [0.29, 0.717) is 31.8 Å². The number of hydrogen-bond acceptors (Lipinski definition) is 4. The van der Waals surface area contributed by atoms with E-state index >= 15 is 0 Å². The summed E-state index contributed by atoms with van der Waals surface area (Å²) in [6.07, 6.45) is 5.38. The third kappa shape index (κ3) is 5.88. The lowest BCUT2D eigenvalue weighted by molar-refractivity contribution is -0.145. The van der Waals surface area contributed by atoms with Crippen LogP contribution in [0.3, 0.4) is 0 Å². The third-order valence-corrected chi connectivity index (χ3v) is 4.45. The van der Waals surface area contributed by atoms with Crippen LogP contribution < -0.4 is 4.74 Å². The minimum absolute atomic E-state index is 0.0750. The van der Waals surface area contributed by atoms with Crippen molar-refractivity contribution in [3.63, 3.8) is 0 Å². The topological polar surface area (TPSA) is 76.1 Å². The van der Waals surface area contributed by atoms with E-state index in [9.17, 15) is 9.59 Å². The number of carboxylic acids is 1. The molecule has 142 valence electrons. The van der Waals surface area contributed by atoms with E-state index in [1.807, 2.05) is 38.1 Å². The molecule has 1 aliphatic heterocycles. The molecule has 1 aliphatic rings. The van der Waals surface area contributed by atoms with E-state index in [1.54, 1.807) is 6.08 Å². The number of carboxylic acid groups (broad SMARTS) is 1. The lowest BCUT2D eigenvalue weighted by Crippen LogP contribution is -2.45. The third-order valence-electron chi connectivity index (χ3n) is 4.45. The molecule has 2 rings (SSSR count). The highest BCUT2D eigenvalue weighted by atomic mass is 16.5. The first-order valence-corrected chi connectivity index (χ1v) is 9.05. The Balaban J connectivity index is 2.13. The summed E-state index contributed by atoms with van der Waals surface area (Å²) >= 11 is 0. The van der Waals surface area contributed by atoms with Gasteiger partial charge in [0.15, 0.2) is 0 Å². The standard InChI is InChI=1S/C20H27NO5/c1-3-15(2)26-18-7-5-4-6-16(18)8-9-19(22)21(14-20(23)24)17-10-12-25-13-11-17/h4-9,15,17H,3,10-14H2,1-2H3,(H,23,24). The molecule has 26 heavy (non-hydrogen) atoms. The normalized spacial score (nSPS) is 16.4. The van der Waals surface area contributed by atoms with Crippen molar-refractivity contribution in [3.05, 3.63) is 35.9 Å². The number of ether oxygens (including phenoxy) is 2. The molecule has 0 aromatic heterocycles. The number of nitrogens with zero attached hydrogens (tertiary/aromatic N) is 1. The molecular formula is C20H27NO5. The fraction of sp³-hybridized carbons (Fsp3) is 0.500. The number of para-hydroxylation sites is 1. The fourth-order valence-electron chi connectivity index (χ4n) is 2.81. The number of aliphatic carboxylic acids is 1. The van der Waals surface area contributed by atoms with Gasteiger partial charge in [0.05, 0.1) is 6.10 Å². The molecule has 6 nitrogen and oxygen atoms in total. The van der Waals surface area contributed by atoms with Crippen LogP contribution in [0, 0.1) is 0 Å². The molecule has 0 spiro atoms. The molecule has 1 saturated heterocycles. The lowest BCUT2D eigenvalue weighted by Gasteiger charge is -2.32. The van der Waals surface area contributed by atoms with Gasteiger partial charge in [-0.1, -0.05) is 25.1 Å². The number of benzene rings is 1. The second-order valence-corrected chi connectivity index (χ2v) is 6.41. The van der Waals surface area contributed by atoms with Crippen LogP contribution in [-0.2, 0) is 14.3 Å². The van der Waals surface area contributed by atoms with E-state index in [4.69, 9.17) is 14.6 Å². The molecule has 1 atom stereocenters. The van der Waals surface area contributed by atoms with Gasteiger partial charge in [0.1, 0.15) is 12.3 Å². The Morgan fingerprint density at radius 3 is 2.69 bits per heavy atom. The Bertz CT molecular complexity index is 637. The maximum Gasteiger partial charge on any atom is 0.323 e. The summed E-state index contributed by atoms with van der Waals surface area (Å²) in [5.41, 5.74) is 0.795. The van der Waals surface area contributed by atoms with Crippen LogP contribution in [0.15, 0.2) is 30.3 Å². The second kappa shape index (κ2) is 9.97. The summed E-state index contributed by atoms with van der Waals surface area (Å²) in [5, 5.41) is 9.15. The van der Waals surface area contributed by atoms with Gasteiger partial charge in [-0.3, -0.25) is 9.59 Å². The zero-order chi connectivity index (χ0) is 18.9. The van der Waals surface area contributed by atoms with Gasteiger partial charge in [-0.25, -0.2) is 0 Å². The minimum Gasteiger partial charge on any atom is -0.490 e. The molecule has 1 heterocycles. The minimum atomic E-state index is -1.02. The number of amides is 1. The average Bonchev–Trinajstić information content (AvgIpc) is 2.65. The number of carbonyl (C=O) groups excluding carboxylic acids is 1. The first-order valence-electron chi connectivity index (χ1n) is 9.05. The molecule has 1 unspecified atom stereocenters. The van der Waals surface area contributed by atoms with Gasteiger partial charge in [0, 0.05) is 30.9 Å². The fourth-order valence-corrected chi connectivity index (χ4v) is 2.81. The quantitative estimate of drug-likeness (QED) is 0.721. The van der Waals surface area contributed by atoms with Crippen molar-refractivity contribution in [1.82, 2.24) is 4.90 Å².